The molecule has 0 bridgehead atoms. The first-order valence-electron chi connectivity index (χ1n) is 8.72. The van der Waals surface area contributed by atoms with Crippen LogP contribution in [0.15, 0.2) is 46.8 Å². The Morgan fingerprint density at radius 3 is 2.73 bits per heavy atom. The average molecular weight is 481 g/mol. The predicted octanol–water partition coefficient (Wildman–Crippen LogP) is 4.50. The van der Waals surface area contributed by atoms with Crippen LogP contribution < -0.4 is 15.0 Å². The molecule has 0 saturated heterocycles. The molecule has 11 heteroatoms. The minimum atomic E-state index is -0.373. The van der Waals surface area contributed by atoms with Gasteiger partial charge in [-0.2, -0.15) is 0 Å². The van der Waals surface area contributed by atoms with Gasteiger partial charge in [-0.25, -0.2) is 0 Å². The molecule has 1 aliphatic rings. The van der Waals surface area contributed by atoms with Gasteiger partial charge >= 0.3 is 0 Å². The van der Waals surface area contributed by atoms with E-state index in [1.165, 1.54) is 28.0 Å². The Bertz CT molecular complexity index is 1090. The van der Waals surface area contributed by atoms with Crippen LogP contribution in [0.2, 0.25) is 10.0 Å². The molecule has 2 aromatic carbocycles. The third-order valence-corrected chi connectivity index (χ3v) is 6.87. The van der Waals surface area contributed by atoms with Gasteiger partial charge in [0.25, 0.3) is 5.91 Å². The fourth-order valence-corrected chi connectivity index (χ4v) is 5.26. The van der Waals surface area contributed by atoms with E-state index in [9.17, 15) is 9.59 Å². The van der Waals surface area contributed by atoms with Gasteiger partial charge in [0.1, 0.15) is 12.3 Å². The predicted molar refractivity (Wildman–Crippen MR) is 119 cm³/mol. The summed E-state index contributed by atoms with van der Waals surface area (Å²) in [6.45, 7) is -0.245. The van der Waals surface area contributed by atoms with E-state index in [0.717, 1.165) is 5.56 Å². The second-order valence-electron chi connectivity index (χ2n) is 6.15. The summed E-state index contributed by atoms with van der Waals surface area (Å²) in [6, 6.07) is 12.4. The monoisotopic (exact) mass is 480 g/mol. The zero-order valence-corrected chi connectivity index (χ0v) is 18.4. The highest BCUT2D eigenvalue weighted by Gasteiger charge is 2.27. The Balaban J connectivity index is 1.37. The number of ether oxygens (including phenoxy) is 1. The van der Waals surface area contributed by atoms with Crippen LogP contribution in [0.5, 0.6) is 5.75 Å². The summed E-state index contributed by atoms with van der Waals surface area (Å²) in [7, 11) is 0. The highest BCUT2D eigenvalue weighted by molar-refractivity contribution is 8.00. The smallest absolute Gasteiger partial charge is 0.265 e. The van der Waals surface area contributed by atoms with Crippen molar-refractivity contribution in [3.63, 3.8) is 0 Å². The van der Waals surface area contributed by atoms with Crippen molar-refractivity contribution >= 4 is 68.9 Å². The maximum Gasteiger partial charge on any atom is 0.265 e. The molecule has 0 spiro atoms. The van der Waals surface area contributed by atoms with E-state index in [1.807, 2.05) is 6.07 Å². The molecular formula is C19H14Cl2N4O3S2. The summed E-state index contributed by atoms with van der Waals surface area (Å²) in [4.78, 5) is 26.1. The maximum atomic E-state index is 12.5. The molecule has 3 aromatic rings. The van der Waals surface area contributed by atoms with E-state index in [-0.39, 0.29) is 25.0 Å². The third kappa shape index (κ3) is 4.70. The lowest BCUT2D eigenvalue weighted by Crippen LogP contribution is -2.43. The molecule has 0 aliphatic carbocycles. The van der Waals surface area contributed by atoms with Crippen molar-refractivity contribution in [1.29, 1.82) is 0 Å². The minimum Gasteiger partial charge on any atom is -0.482 e. The maximum absolute atomic E-state index is 12.5. The fourth-order valence-electron chi connectivity index (χ4n) is 2.75. The summed E-state index contributed by atoms with van der Waals surface area (Å²) in [6.07, 6.45) is 0. The third-order valence-electron chi connectivity index (χ3n) is 4.16. The Hall–Kier alpha value is -2.33. The first kappa shape index (κ1) is 20.9. The van der Waals surface area contributed by atoms with Gasteiger partial charge in [-0.15, -0.1) is 10.2 Å². The highest BCUT2D eigenvalue weighted by Crippen LogP contribution is 2.34. The van der Waals surface area contributed by atoms with Crippen LogP contribution in [0.1, 0.15) is 5.56 Å². The van der Waals surface area contributed by atoms with Crippen LogP contribution in [-0.4, -0.2) is 35.2 Å². The highest BCUT2D eigenvalue weighted by atomic mass is 35.5. The number of benzene rings is 2. The lowest BCUT2D eigenvalue weighted by atomic mass is 10.2. The largest absolute Gasteiger partial charge is 0.482 e. The number of nitrogens with zero attached hydrogens (tertiary/aromatic N) is 3. The number of aromatic nitrogens is 2. The van der Waals surface area contributed by atoms with Gasteiger partial charge in [0, 0.05) is 15.8 Å². The van der Waals surface area contributed by atoms with Crippen molar-refractivity contribution in [2.24, 2.45) is 0 Å². The number of rotatable bonds is 6. The Kier molecular flexibility index (Phi) is 6.43. The van der Waals surface area contributed by atoms with E-state index < -0.39 is 0 Å². The number of carbonyl (C=O) groups is 2. The van der Waals surface area contributed by atoms with Crippen LogP contribution in [0.25, 0.3) is 0 Å². The summed E-state index contributed by atoms with van der Waals surface area (Å²) in [5.74, 6) is 0.439. The average Bonchev–Trinajstić information content (AvgIpc) is 3.17. The van der Waals surface area contributed by atoms with Crippen molar-refractivity contribution in [3.8, 4) is 5.75 Å². The zero-order chi connectivity index (χ0) is 21.1. The Labute approximate surface area is 190 Å². The van der Waals surface area contributed by atoms with E-state index >= 15 is 0 Å². The summed E-state index contributed by atoms with van der Waals surface area (Å²) < 4.78 is 6.05. The van der Waals surface area contributed by atoms with Gasteiger partial charge in [-0.05, 0) is 29.8 Å². The number of thioether (sulfide) groups is 1. The number of halogens is 2. The molecule has 2 amide bonds. The van der Waals surface area contributed by atoms with Crippen LogP contribution in [0.3, 0.4) is 0 Å². The minimum absolute atomic E-state index is 0.103. The summed E-state index contributed by atoms with van der Waals surface area (Å²) in [5.41, 5.74) is 1.38. The van der Waals surface area contributed by atoms with Crippen LogP contribution in [0, 0.1) is 0 Å². The van der Waals surface area contributed by atoms with Gasteiger partial charge in [0.15, 0.2) is 10.9 Å². The summed E-state index contributed by atoms with van der Waals surface area (Å²) in [5, 5.41) is 12.3. The topological polar surface area (TPSA) is 84.4 Å². The number of para-hydroxylation sites is 2. The van der Waals surface area contributed by atoms with Crippen LogP contribution in [-0.2, 0) is 15.3 Å². The summed E-state index contributed by atoms with van der Waals surface area (Å²) >= 11 is 15.0. The molecule has 2 heterocycles. The number of carbonyl (C=O) groups excluding carboxylic acids is 2. The molecule has 0 radical (unpaired) electrons. The van der Waals surface area contributed by atoms with Gasteiger partial charge in [0.05, 0.1) is 5.69 Å². The molecule has 1 aromatic heterocycles. The molecule has 1 N–H and O–H groups in total. The molecule has 1 aliphatic heterocycles. The van der Waals surface area contributed by atoms with Crippen LogP contribution in [0.4, 0.5) is 10.8 Å². The quantitative estimate of drug-likeness (QED) is 0.412. The fraction of sp³-hybridized carbons (Fsp3) is 0.158. The van der Waals surface area contributed by atoms with E-state index in [4.69, 9.17) is 27.9 Å². The molecule has 4 rings (SSSR count). The van der Waals surface area contributed by atoms with E-state index in [1.54, 1.807) is 36.4 Å². The lowest BCUT2D eigenvalue weighted by Gasteiger charge is -2.28. The first-order valence-corrected chi connectivity index (χ1v) is 11.3. The van der Waals surface area contributed by atoms with E-state index in [0.29, 0.717) is 36.7 Å². The lowest BCUT2D eigenvalue weighted by molar-refractivity contribution is -0.123. The number of amides is 2. The van der Waals surface area contributed by atoms with Gasteiger partial charge in [-0.3, -0.25) is 19.8 Å². The molecular weight excluding hydrogens is 467 g/mol. The van der Waals surface area contributed by atoms with Gasteiger partial charge in [-0.1, -0.05) is 64.5 Å². The Morgan fingerprint density at radius 2 is 1.93 bits per heavy atom. The molecule has 0 fully saturated rings. The number of hydrogen-bond donors (Lipinski definition) is 1. The number of fused-ring (bicyclic) bond motifs is 1. The molecule has 0 unspecified atom stereocenters. The Morgan fingerprint density at radius 1 is 1.17 bits per heavy atom. The molecule has 0 saturated carbocycles. The van der Waals surface area contributed by atoms with Gasteiger partial charge in [0.2, 0.25) is 11.0 Å². The van der Waals surface area contributed by atoms with Gasteiger partial charge < -0.3 is 4.74 Å². The second kappa shape index (κ2) is 9.22. The first-order chi connectivity index (χ1) is 14.5. The SMILES string of the molecule is O=C(CN1C(=O)COc2ccccc21)Nc1nnc(SCc2c(Cl)cccc2Cl)s1. The van der Waals surface area contributed by atoms with Crippen molar-refractivity contribution in [2.75, 3.05) is 23.4 Å². The molecule has 30 heavy (non-hydrogen) atoms. The number of hydrogen-bond acceptors (Lipinski definition) is 7. The molecule has 154 valence electrons. The van der Waals surface area contributed by atoms with E-state index in [2.05, 4.69) is 15.5 Å². The molecule has 0 atom stereocenters. The number of anilines is 2. The van der Waals surface area contributed by atoms with Crippen LogP contribution >= 0.6 is 46.3 Å². The van der Waals surface area contributed by atoms with Crippen molar-refractivity contribution in [3.05, 3.63) is 58.1 Å². The standard InChI is InChI=1S/C19H14Cl2N4O3S2/c20-12-4-3-5-13(21)11(12)10-29-19-24-23-18(30-19)22-16(26)8-25-14-6-1-2-7-15(14)28-9-17(25)27/h1-7H,8-10H2,(H,22,23,26). The zero-order valence-electron chi connectivity index (χ0n) is 15.3. The normalized spacial score (nSPS) is 13.0. The number of nitrogens with one attached hydrogen (secondary N) is 1. The van der Waals surface area contributed by atoms with Crippen molar-refractivity contribution in [1.82, 2.24) is 10.2 Å². The van der Waals surface area contributed by atoms with Crippen molar-refractivity contribution < 1.29 is 14.3 Å². The van der Waals surface area contributed by atoms with Crippen molar-refractivity contribution in [2.45, 2.75) is 10.1 Å². The second-order valence-corrected chi connectivity index (χ2v) is 9.16. The molecule has 7 nitrogen and oxygen atoms in total.